The molecule has 1 aromatic heterocycles. The van der Waals surface area contributed by atoms with E-state index in [4.69, 9.17) is 20.8 Å². The van der Waals surface area contributed by atoms with Crippen molar-refractivity contribution in [3.05, 3.63) is 22.7 Å². The summed E-state index contributed by atoms with van der Waals surface area (Å²) in [5, 5.41) is 27.8. The molecule has 2 rings (SSSR count). The van der Waals surface area contributed by atoms with Crippen LogP contribution in [0.4, 0.5) is 5.82 Å². The normalized spacial score (nSPS) is 31.2. The predicted octanol–water partition coefficient (Wildman–Crippen LogP) is -1.64. The first kappa shape index (κ1) is 12.5. The summed E-state index contributed by atoms with van der Waals surface area (Å²) in [5.41, 5.74) is 3.01. The first-order valence-corrected chi connectivity index (χ1v) is 5.25. The van der Waals surface area contributed by atoms with Gasteiger partial charge in [-0.25, -0.2) is 4.79 Å². The molecule has 0 amide bonds. The van der Waals surface area contributed by atoms with Gasteiger partial charge in [-0.15, -0.1) is 0 Å². The van der Waals surface area contributed by atoms with Crippen LogP contribution in [0.15, 0.2) is 17.1 Å². The SMILES string of the molecule is N#C[C@]1(CO)O[C@@H](n2ccc(N)nc2=O)C[C@@H]1O. The van der Waals surface area contributed by atoms with Gasteiger partial charge in [-0.05, 0) is 6.07 Å². The van der Waals surface area contributed by atoms with Crippen molar-refractivity contribution in [2.75, 3.05) is 12.3 Å². The van der Waals surface area contributed by atoms with Gasteiger partial charge in [0.25, 0.3) is 0 Å². The van der Waals surface area contributed by atoms with Gasteiger partial charge in [0, 0.05) is 12.6 Å². The van der Waals surface area contributed by atoms with Crippen molar-refractivity contribution in [3.63, 3.8) is 0 Å². The van der Waals surface area contributed by atoms with Crippen molar-refractivity contribution in [1.29, 1.82) is 5.26 Å². The van der Waals surface area contributed by atoms with E-state index in [1.54, 1.807) is 6.07 Å². The third kappa shape index (κ3) is 1.84. The van der Waals surface area contributed by atoms with E-state index in [0.29, 0.717) is 0 Å². The maximum atomic E-state index is 11.6. The first-order chi connectivity index (χ1) is 8.52. The average Bonchev–Trinajstić information content (AvgIpc) is 2.67. The molecule has 3 atom stereocenters. The van der Waals surface area contributed by atoms with Crippen LogP contribution in [-0.2, 0) is 4.74 Å². The van der Waals surface area contributed by atoms with Gasteiger partial charge in [0.05, 0.1) is 6.61 Å². The van der Waals surface area contributed by atoms with Crippen LogP contribution in [-0.4, -0.2) is 38.1 Å². The Morgan fingerprint density at radius 1 is 1.78 bits per heavy atom. The van der Waals surface area contributed by atoms with E-state index in [2.05, 4.69) is 4.98 Å². The van der Waals surface area contributed by atoms with E-state index in [1.807, 2.05) is 0 Å². The number of nitrogen functional groups attached to an aromatic ring is 1. The van der Waals surface area contributed by atoms with Crippen molar-refractivity contribution in [1.82, 2.24) is 9.55 Å². The molecule has 0 spiro atoms. The number of nitriles is 1. The molecule has 0 aliphatic carbocycles. The predicted molar refractivity (Wildman–Crippen MR) is 59.1 cm³/mol. The second-order valence-electron chi connectivity index (χ2n) is 4.03. The molecule has 18 heavy (non-hydrogen) atoms. The maximum Gasteiger partial charge on any atom is 0.351 e. The van der Waals surface area contributed by atoms with Crippen LogP contribution in [0, 0.1) is 11.3 Å². The molecular weight excluding hydrogens is 240 g/mol. The number of hydrogen-bond acceptors (Lipinski definition) is 7. The maximum absolute atomic E-state index is 11.6. The number of aromatic nitrogens is 2. The highest BCUT2D eigenvalue weighted by molar-refractivity contribution is 5.23. The van der Waals surface area contributed by atoms with Crippen LogP contribution in [0.3, 0.4) is 0 Å². The van der Waals surface area contributed by atoms with Gasteiger partial charge >= 0.3 is 5.69 Å². The van der Waals surface area contributed by atoms with Crippen molar-refractivity contribution in [3.8, 4) is 6.07 Å². The van der Waals surface area contributed by atoms with Gasteiger partial charge in [0.2, 0.25) is 5.60 Å². The molecule has 4 N–H and O–H groups in total. The van der Waals surface area contributed by atoms with E-state index in [0.717, 1.165) is 4.57 Å². The summed E-state index contributed by atoms with van der Waals surface area (Å²) in [5.74, 6) is 0.0727. The minimum absolute atomic E-state index is 0.0135. The number of nitrogens with two attached hydrogens (primary N) is 1. The molecule has 0 unspecified atom stereocenters. The van der Waals surface area contributed by atoms with Gasteiger partial charge < -0.3 is 20.7 Å². The molecule has 1 aliphatic rings. The molecule has 0 bridgehead atoms. The Morgan fingerprint density at radius 3 is 3.00 bits per heavy atom. The Kier molecular flexibility index (Phi) is 3.04. The van der Waals surface area contributed by atoms with Crippen LogP contribution in [0.5, 0.6) is 0 Å². The smallest absolute Gasteiger partial charge is 0.351 e. The number of ether oxygens (including phenoxy) is 1. The van der Waals surface area contributed by atoms with Crippen LogP contribution >= 0.6 is 0 Å². The summed E-state index contributed by atoms with van der Waals surface area (Å²) in [4.78, 5) is 15.1. The van der Waals surface area contributed by atoms with Crippen molar-refractivity contribution in [2.24, 2.45) is 0 Å². The zero-order valence-electron chi connectivity index (χ0n) is 9.35. The Morgan fingerprint density at radius 2 is 2.50 bits per heavy atom. The highest BCUT2D eigenvalue weighted by Crippen LogP contribution is 2.35. The number of aliphatic hydroxyl groups is 2. The second-order valence-corrected chi connectivity index (χ2v) is 4.03. The molecule has 1 fully saturated rings. The fourth-order valence-electron chi connectivity index (χ4n) is 1.85. The molecule has 0 aromatic carbocycles. The van der Waals surface area contributed by atoms with Crippen molar-refractivity contribution >= 4 is 5.82 Å². The minimum Gasteiger partial charge on any atom is -0.392 e. The van der Waals surface area contributed by atoms with Crippen molar-refractivity contribution in [2.45, 2.75) is 24.4 Å². The lowest BCUT2D eigenvalue weighted by Crippen LogP contribution is -2.41. The summed E-state index contributed by atoms with van der Waals surface area (Å²) >= 11 is 0. The third-order valence-corrected chi connectivity index (χ3v) is 2.90. The lowest BCUT2D eigenvalue weighted by molar-refractivity contribution is -0.0925. The van der Waals surface area contributed by atoms with Crippen LogP contribution in [0.1, 0.15) is 12.6 Å². The Labute approximate surface area is 102 Å². The summed E-state index contributed by atoms with van der Waals surface area (Å²) in [7, 11) is 0. The second kappa shape index (κ2) is 4.38. The van der Waals surface area contributed by atoms with Crippen LogP contribution in [0.2, 0.25) is 0 Å². The molecule has 8 heteroatoms. The highest BCUT2D eigenvalue weighted by Gasteiger charge is 2.49. The number of aliphatic hydroxyl groups excluding tert-OH is 2. The van der Waals surface area contributed by atoms with Crippen LogP contribution in [0.25, 0.3) is 0 Å². The summed E-state index contributed by atoms with van der Waals surface area (Å²) < 4.78 is 6.41. The molecule has 1 aromatic rings. The molecule has 2 heterocycles. The minimum atomic E-state index is -1.70. The van der Waals surface area contributed by atoms with Gasteiger partial charge in [-0.2, -0.15) is 10.2 Å². The topological polar surface area (TPSA) is 134 Å². The van der Waals surface area contributed by atoms with Gasteiger partial charge in [-0.3, -0.25) is 4.57 Å². The van der Waals surface area contributed by atoms with Crippen LogP contribution < -0.4 is 11.4 Å². The quantitative estimate of drug-likeness (QED) is 0.574. The fraction of sp³-hybridized carbons (Fsp3) is 0.500. The van der Waals surface area contributed by atoms with E-state index in [-0.39, 0.29) is 12.2 Å². The van der Waals surface area contributed by atoms with Gasteiger partial charge in [-0.1, -0.05) is 0 Å². The summed E-state index contributed by atoms with van der Waals surface area (Å²) in [6, 6.07) is 3.13. The average molecular weight is 252 g/mol. The Hall–Kier alpha value is -1.95. The zero-order valence-corrected chi connectivity index (χ0v) is 9.35. The number of rotatable bonds is 2. The van der Waals surface area contributed by atoms with Gasteiger partial charge in [0.1, 0.15) is 24.2 Å². The molecule has 96 valence electrons. The lowest BCUT2D eigenvalue weighted by atomic mass is 10.00. The molecule has 1 aliphatic heterocycles. The third-order valence-electron chi connectivity index (χ3n) is 2.90. The largest absolute Gasteiger partial charge is 0.392 e. The molecule has 8 nitrogen and oxygen atoms in total. The fourth-order valence-corrected chi connectivity index (χ4v) is 1.85. The van der Waals surface area contributed by atoms with E-state index in [9.17, 15) is 9.90 Å². The Balaban J connectivity index is 2.33. The molecule has 1 saturated heterocycles. The van der Waals surface area contributed by atoms with E-state index in [1.165, 1.54) is 12.3 Å². The van der Waals surface area contributed by atoms with Crippen molar-refractivity contribution < 1.29 is 14.9 Å². The standard InChI is InChI=1S/C10H12N4O4/c11-4-10(5-15)6(16)3-8(18-10)14-2-1-7(12)13-9(14)17/h1-2,6,8,15-16H,3,5H2,(H2,12,13,17)/t6-,8+,10+/m0/s1. The lowest BCUT2D eigenvalue weighted by Gasteiger charge is -2.21. The van der Waals surface area contributed by atoms with Gasteiger partial charge in [0.15, 0.2) is 0 Å². The number of hydrogen-bond donors (Lipinski definition) is 3. The highest BCUT2D eigenvalue weighted by atomic mass is 16.6. The monoisotopic (exact) mass is 252 g/mol. The summed E-state index contributed by atoms with van der Waals surface area (Å²) in [6.45, 7) is -0.654. The molecular formula is C10H12N4O4. The van der Waals surface area contributed by atoms with E-state index >= 15 is 0 Å². The zero-order chi connectivity index (χ0) is 13.3. The number of nitrogens with zero attached hydrogens (tertiary/aromatic N) is 3. The molecule has 0 radical (unpaired) electrons. The molecule has 0 saturated carbocycles. The number of anilines is 1. The Bertz CT molecular complexity index is 552. The van der Waals surface area contributed by atoms with E-state index < -0.39 is 30.2 Å². The first-order valence-electron chi connectivity index (χ1n) is 5.25. The summed E-state index contributed by atoms with van der Waals surface area (Å²) in [6.07, 6.45) is -0.652.